The molecular formula is C18H21N3O3. The summed E-state index contributed by atoms with van der Waals surface area (Å²) in [5.41, 5.74) is 2.15. The Morgan fingerprint density at radius 1 is 1.29 bits per heavy atom. The zero-order valence-corrected chi connectivity index (χ0v) is 13.7. The molecule has 1 unspecified atom stereocenters. The molecule has 0 bridgehead atoms. The molecule has 4 N–H and O–H groups in total. The van der Waals surface area contributed by atoms with Crippen molar-refractivity contribution in [2.24, 2.45) is 0 Å². The van der Waals surface area contributed by atoms with Crippen molar-refractivity contribution >= 4 is 12.2 Å². The van der Waals surface area contributed by atoms with Crippen molar-refractivity contribution in [3.63, 3.8) is 0 Å². The van der Waals surface area contributed by atoms with Gasteiger partial charge in [0.2, 0.25) is 5.91 Å². The summed E-state index contributed by atoms with van der Waals surface area (Å²) in [6.07, 6.45) is 1.19. The molecule has 0 aliphatic rings. The third-order valence-electron chi connectivity index (χ3n) is 3.89. The second-order valence-corrected chi connectivity index (χ2v) is 5.51. The zero-order valence-electron chi connectivity index (χ0n) is 13.7. The SMILES string of the molecule is CNC(CC(=O)N(C)C=N)c1cccc(-c2cc(O)ccc2O)c1. The van der Waals surface area contributed by atoms with Crippen LogP contribution in [0.3, 0.4) is 0 Å². The van der Waals surface area contributed by atoms with E-state index in [1.165, 1.54) is 23.1 Å². The van der Waals surface area contributed by atoms with Gasteiger partial charge < -0.3 is 20.4 Å². The van der Waals surface area contributed by atoms with Gasteiger partial charge in [-0.15, -0.1) is 0 Å². The van der Waals surface area contributed by atoms with Gasteiger partial charge in [0, 0.05) is 25.1 Å². The second-order valence-electron chi connectivity index (χ2n) is 5.51. The van der Waals surface area contributed by atoms with Gasteiger partial charge in [0.25, 0.3) is 0 Å². The molecule has 0 saturated heterocycles. The highest BCUT2D eigenvalue weighted by molar-refractivity contribution is 5.87. The quantitative estimate of drug-likeness (QED) is 0.372. The number of amides is 1. The standard InChI is InChI=1S/C18H21N3O3/c1-20-16(10-18(24)21(2)11-19)13-5-3-4-12(8-13)15-9-14(22)6-7-17(15)23/h3-9,11,16,19-20,22-23H,10H2,1-2H3. The minimum atomic E-state index is -0.223. The molecule has 0 heterocycles. The third kappa shape index (κ3) is 3.91. The third-order valence-corrected chi connectivity index (χ3v) is 3.89. The van der Waals surface area contributed by atoms with E-state index in [4.69, 9.17) is 5.41 Å². The number of carbonyl (C=O) groups is 1. The lowest BCUT2D eigenvalue weighted by atomic mass is 9.97. The fraction of sp³-hybridized carbons (Fsp3) is 0.222. The summed E-state index contributed by atoms with van der Waals surface area (Å²) in [5, 5.41) is 29.9. The van der Waals surface area contributed by atoms with E-state index >= 15 is 0 Å². The molecule has 2 aromatic rings. The minimum Gasteiger partial charge on any atom is -0.508 e. The second kappa shape index (κ2) is 7.61. The average Bonchev–Trinajstić information content (AvgIpc) is 2.60. The maximum absolute atomic E-state index is 12.0. The Balaban J connectivity index is 2.33. The molecule has 0 aromatic heterocycles. The van der Waals surface area contributed by atoms with Crippen molar-refractivity contribution in [2.75, 3.05) is 14.1 Å². The predicted molar refractivity (Wildman–Crippen MR) is 93.2 cm³/mol. The number of benzene rings is 2. The van der Waals surface area contributed by atoms with E-state index in [9.17, 15) is 15.0 Å². The largest absolute Gasteiger partial charge is 0.508 e. The van der Waals surface area contributed by atoms with Gasteiger partial charge in [-0.05, 0) is 42.4 Å². The van der Waals surface area contributed by atoms with Crippen molar-refractivity contribution in [2.45, 2.75) is 12.5 Å². The first-order valence-electron chi connectivity index (χ1n) is 7.52. The van der Waals surface area contributed by atoms with Crippen molar-refractivity contribution < 1.29 is 15.0 Å². The molecule has 1 amide bonds. The van der Waals surface area contributed by atoms with Crippen molar-refractivity contribution in [3.05, 3.63) is 48.0 Å². The van der Waals surface area contributed by atoms with Crippen LogP contribution < -0.4 is 5.32 Å². The lowest BCUT2D eigenvalue weighted by molar-refractivity contribution is -0.126. The van der Waals surface area contributed by atoms with Crippen molar-refractivity contribution in [1.82, 2.24) is 10.2 Å². The highest BCUT2D eigenvalue weighted by Gasteiger charge is 2.17. The van der Waals surface area contributed by atoms with E-state index in [0.29, 0.717) is 5.56 Å². The van der Waals surface area contributed by atoms with Crippen LogP contribution in [0.15, 0.2) is 42.5 Å². The molecule has 0 saturated carbocycles. The van der Waals surface area contributed by atoms with Crippen LogP contribution in [-0.4, -0.2) is 41.5 Å². The Hall–Kier alpha value is -2.86. The maximum atomic E-state index is 12.0. The number of nitrogens with zero attached hydrogens (tertiary/aromatic N) is 1. The van der Waals surface area contributed by atoms with Gasteiger partial charge >= 0.3 is 0 Å². The smallest absolute Gasteiger partial charge is 0.229 e. The minimum absolute atomic E-state index is 0.0705. The molecule has 0 aliphatic heterocycles. The first-order chi connectivity index (χ1) is 11.5. The Labute approximate surface area is 140 Å². The van der Waals surface area contributed by atoms with Crippen LogP contribution in [0.2, 0.25) is 0 Å². The molecule has 0 fully saturated rings. The summed E-state index contributed by atoms with van der Waals surface area (Å²) >= 11 is 0. The van der Waals surface area contributed by atoms with E-state index in [1.54, 1.807) is 14.1 Å². The maximum Gasteiger partial charge on any atom is 0.229 e. The Bertz CT molecular complexity index is 746. The molecular weight excluding hydrogens is 306 g/mol. The fourth-order valence-corrected chi connectivity index (χ4v) is 2.46. The molecule has 126 valence electrons. The normalized spacial score (nSPS) is 11.8. The number of rotatable bonds is 6. The van der Waals surface area contributed by atoms with Gasteiger partial charge in [-0.2, -0.15) is 0 Å². The first kappa shape index (κ1) is 17.5. The summed E-state index contributed by atoms with van der Waals surface area (Å²) in [7, 11) is 3.31. The van der Waals surface area contributed by atoms with Crippen LogP contribution >= 0.6 is 0 Å². The number of nitrogens with one attached hydrogen (secondary N) is 2. The van der Waals surface area contributed by atoms with Crippen LogP contribution in [0.5, 0.6) is 11.5 Å². The first-order valence-corrected chi connectivity index (χ1v) is 7.52. The summed E-state index contributed by atoms with van der Waals surface area (Å²) in [6, 6.07) is 11.6. The molecule has 24 heavy (non-hydrogen) atoms. The average molecular weight is 327 g/mol. The van der Waals surface area contributed by atoms with Crippen molar-refractivity contribution in [3.8, 4) is 22.6 Å². The van der Waals surface area contributed by atoms with E-state index in [1.807, 2.05) is 24.3 Å². The van der Waals surface area contributed by atoms with E-state index in [0.717, 1.165) is 17.5 Å². The topological polar surface area (TPSA) is 96.7 Å². The Morgan fingerprint density at radius 2 is 2.04 bits per heavy atom. The molecule has 0 aliphatic carbocycles. The van der Waals surface area contributed by atoms with Crippen molar-refractivity contribution in [1.29, 1.82) is 5.41 Å². The van der Waals surface area contributed by atoms with Gasteiger partial charge in [0.1, 0.15) is 11.5 Å². The molecule has 6 heteroatoms. The monoisotopic (exact) mass is 327 g/mol. The van der Waals surface area contributed by atoms with Gasteiger partial charge in [0.15, 0.2) is 0 Å². The summed E-state index contributed by atoms with van der Waals surface area (Å²) in [4.78, 5) is 13.3. The van der Waals surface area contributed by atoms with Gasteiger partial charge in [0.05, 0.1) is 6.34 Å². The number of aromatic hydroxyl groups is 2. The molecule has 0 spiro atoms. The Kier molecular flexibility index (Phi) is 5.55. The number of hydrogen-bond acceptors (Lipinski definition) is 5. The van der Waals surface area contributed by atoms with E-state index < -0.39 is 0 Å². The number of carbonyl (C=O) groups excluding carboxylic acids is 1. The molecule has 2 rings (SSSR count). The summed E-state index contributed by atoms with van der Waals surface area (Å²) < 4.78 is 0. The number of phenolic OH excluding ortho intramolecular Hbond substituents is 2. The number of hydrogen-bond donors (Lipinski definition) is 4. The highest BCUT2D eigenvalue weighted by Crippen LogP contribution is 2.33. The highest BCUT2D eigenvalue weighted by atomic mass is 16.3. The zero-order chi connectivity index (χ0) is 17.7. The molecule has 1 atom stereocenters. The van der Waals surface area contributed by atoms with Gasteiger partial charge in [-0.1, -0.05) is 18.2 Å². The number of phenols is 2. The van der Waals surface area contributed by atoms with E-state index in [2.05, 4.69) is 5.32 Å². The predicted octanol–water partition coefficient (Wildman–Crippen LogP) is 2.48. The van der Waals surface area contributed by atoms with Crippen LogP contribution in [0, 0.1) is 5.41 Å². The molecule has 2 aromatic carbocycles. The Morgan fingerprint density at radius 3 is 2.71 bits per heavy atom. The van der Waals surface area contributed by atoms with Crippen LogP contribution in [0.4, 0.5) is 0 Å². The van der Waals surface area contributed by atoms with Crippen LogP contribution in [0.25, 0.3) is 11.1 Å². The fourth-order valence-electron chi connectivity index (χ4n) is 2.46. The van der Waals surface area contributed by atoms with Crippen LogP contribution in [0.1, 0.15) is 18.0 Å². The van der Waals surface area contributed by atoms with E-state index in [-0.39, 0.29) is 29.9 Å². The molecule has 0 radical (unpaired) electrons. The van der Waals surface area contributed by atoms with Crippen LogP contribution in [-0.2, 0) is 4.79 Å². The summed E-state index contributed by atoms with van der Waals surface area (Å²) in [5.74, 6) is -0.0262. The van der Waals surface area contributed by atoms with Gasteiger partial charge in [-0.3, -0.25) is 10.2 Å². The van der Waals surface area contributed by atoms with Gasteiger partial charge in [-0.25, -0.2) is 0 Å². The lowest BCUT2D eigenvalue weighted by Crippen LogP contribution is -2.29. The molecule has 6 nitrogen and oxygen atoms in total. The lowest BCUT2D eigenvalue weighted by Gasteiger charge is -2.19. The summed E-state index contributed by atoms with van der Waals surface area (Å²) in [6.45, 7) is 0.